The molecule has 0 bridgehead atoms. The van der Waals surface area contributed by atoms with Gasteiger partial charge in [-0.15, -0.1) is 0 Å². The molecule has 1 atom stereocenters. The molecule has 0 aliphatic carbocycles. The summed E-state index contributed by atoms with van der Waals surface area (Å²) in [6.07, 6.45) is -3.35. The van der Waals surface area contributed by atoms with Gasteiger partial charge in [-0.25, -0.2) is 0 Å². The highest BCUT2D eigenvalue weighted by molar-refractivity contribution is 7.97. The highest BCUT2D eigenvalue weighted by Gasteiger charge is 2.30. The van der Waals surface area contributed by atoms with E-state index in [-0.39, 0.29) is 6.04 Å². The van der Waals surface area contributed by atoms with Crippen LogP contribution in [0.2, 0.25) is 5.02 Å². The zero-order valence-corrected chi connectivity index (χ0v) is 18.3. The molecule has 0 aromatic heterocycles. The van der Waals surface area contributed by atoms with E-state index in [2.05, 4.69) is 33.9 Å². The van der Waals surface area contributed by atoms with Crippen LogP contribution in [0.1, 0.15) is 17.5 Å². The standard InChI is InChI=1S/C24H22ClF3N2S/c25-21-5-1-3-19(13-21)18-9-7-17(8-10-18)15-30-12-11-22(16-30)29-31-23-6-2-4-20(14-23)24(26,27)28/h1-10,13-14,22,29H,11-12,15-16H2. The molecule has 0 saturated carbocycles. The maximum Gasteiger partial charge on any atom is 0.416 e. The molecule has 31 heavy (non-hydrogen) atoms. The molecule has 1 saturated heterocycles. The largest absolute Gasteiger partial charge is 0.416 e. The lowest BCUT2D eigenvalue weighted by Crippen LogP contribution is -2.28. The monoisotopic (exact) mass is 462 g/mol. The Morgan fingerprint density at radius 1 is 0.968 bits per heavy atom. The third kappa shape index (κ3) is 6.04. The first-order chi connectivity index (χ1) is 14.9. The molecule has 1 unspecified atom stereocenters. The predicted molar refractivity (Wildman–Crippen MR) is 121 cm³/mol. The number of nitrogens with one attached hydrogen (secondary N) is 1. The summed E-state index contributed by atoms with van der Waals surface area (Å²) >= 11 is 7.35. The Kier molecular flexibility index (Phi) is 6.92. The Balaban J connectivity index is 1.29. The fraction of sp³-hybridized carbons (Fsp3) is 0.250. The Morgan fingerprint density at radius 3 is 2.48 bits per heavy atom. The van der Waals surface area contributed by atoms with Crippen molar-refractivity contribution in [3.63, 3.8) is 0 Å². The molecule has 162 valence electrons. The lowest BCUT2D eigenvalue weighted by atomic mass is 10.0. The summed E-state index contributed by atoms with van der Waals surface area (Å²) in [6.45, 7) is 2.67. The van der Waals surface area contributed by atoms with Crippen molar-refractivity contribution in [3.05, 3.63) is 88.9 Å². The number of hydrogen-bond acceptors (Lipinski definition) is 3. The van der Waals surface area contributed by atoms with E-state index in [0.717, 1.165) is 48.3 Å². The van der Waals surface area contributed by atoms with Crippen LogP contribution in [0.4, 0.5) is 13.2 Å². The van der Waals surface area contributed by atoms with E-state index < -0.39 is 11.7 Å². The Morgan fingerprint density at radius 2 is 1.74 bits per heavy atom. The van der Waals surface area contributed by atoms with Gasteiger partial charge in [0.05, 0.1) is 5.56 Å². The molecule has 1 aliphatic rings. The molecule has 1 aliphatic heterocycles. The summed E-state index contributed by atoms with van der Waals surface area (Å²) in [6, 6.07) is 21.9. The fourth-order valence-corrected chi connectivity index (χ4v) is 4.71. The van der Waals surface area contributed by atoms with Gasteiger partial charge in [0.25, 0.3) is 0 Å². The second kappa shape index (κ2) is 9.65. The second-order valence-corrected chi connectivity index (χ2v) is 9.02. The first kappa shape index (κ1) is 22.2. The highest BCUT2D eigenvalue weighted by Crippen LogP contribution is 2.31. The number of nitrogens with zero attached hydrogens (tertiary/aromatic N) is 1. The zero-order chi connectivity index (χ0) is 21.8. The third-order valence-electron chi connectivity index (χ3n) is 5.30. The fourth-order valence-electron chi connectivity index (χ4n) is 3.69. The molecule has 1 fully saturated rings. The average molecular weight is 463 g/mol. The summed E-state index contributed by atoms with van der Waals surface area (Å²) in [4.78, 5) is 2.93. The molecular formula is C24H22ClF3N2S. The molecule has 0 radical (unpaired) electrons. The lowest BCUT2D eigenvalue weighted by Gasteiger charge is -2.17. The van der Waals surface area contributed by atoms with Crippen molar-refractivity contribution in [1.82, 2.24) is 9.62 Å². The van der Waals surface area contributed by atoms with Gasteiger partial charge < -0.3 is 0 Å². The van der Waals surface area contributed by atoms with Crippen LogP contribution in [0.15, 0.2) is 77.7 Å². The van der Waals surface area contributed by atoms with Crippen LogP contribution in [0.5, 0.6) is 0 Å². The number of hydrogen-bond donors (Lipinski definition) is 1. The van der Waals surface area contributed by atoms with Crippen molar-refractivity contribution in [2.45, 2.75) is 30.1 Å². The molecule has 3 aromatic carbocycles. The third-order valence-corrected chi connectivity index (χ3v) is 6.47. The van der Waals surface area contributed by atoms with Crippen LogP contribution in [-0.2, 0) is 12.7 Å². The average Bonchev–Trinajstić information content (AvgIpc) is 3.20. The van der Waals surface area contributed by atoms with Gasteiger partial charge >= 0.3 is 6.18 Å². The van der Waals surface area contributed by atoms with E-state index in [1.807, 2.05) is 24.3 Å². The van der Waals surface area contributed by atoms with Gasteiger partial charge in [-0.2, -0.15) is 13.2 Å². The van der Waals surface area contributed by atoms with Gasteiger partial charge in [0.1, 0.15) is 0 Å². The first-order valence-corrected chi connectivity index (χ1v) is 11.2. The van der Waals surface area contributed by atoms with E-state index in [4.69, 9.17) is 11.6 Å². The van der Waals surface area contributed by atoms with Crippen LogP contribution < -0.4 is 4.72 Å². The van der Waals surface area contributed by atoms with Crippen LogP contribution in [0, 0.1) is 0 Å². The van der Waals surface area contributed by atoms with Crippen molar-refractivity contribution in [2.24, 2.45) is 0 Å². The molecule has 1 N–H and O–H groups in total. The number of halogens is 4. The molecule has 3 aromatic rings. The summed E-state index contributed by atoms with van der Waals surface area (Å²) in [7, 11) is 0. The number of rotatable bonds is 6. The van der Waals surface area contributed by atoms with Gasteiger partial charge in [-0.05, 0) is 65.4 Å². The minimum absolute atomic E-state index is 0.241. The lowest BCUT2D eigenvalue weighted by molar-refractivity contribution is -0.137. The normalized spacial score (nSPS) is 17.2. The summed E-state index contributed by atoms with van der Waals surface area (Å²) < 4.78 is 41.9. The highest BCUT2D eigenvalue weighted by atomic mass is 35.5. The van der Waals surface area contributed by atoms with Crippen LogP contribution in [0.25, 0.3) is 11.1 Å². The van der Waals surface area contributed by atoms with Crippen molar-refractivity contribution < 1.29 is 13.2 Å². The summed E-state index contributed by atoms with van der Waals surface area (Å²) in [5, 5.41) is 0.722. The maximum absolute atomic E-state index is 12.9. The molecular weight excluding hydrogens is 441 g/mol. The Hall–Kier alpha value is -1.99. The number of benzene rings is 3. The molecule has 7 heteroatoms. The van der Waals surface area contributed by atoms with Gasteiger partial charge in [-0.1, -0.05) is 54.1 Å². The van der Waals surface area contributed by atoms with E-state index in [0.29, 0.717) is 4.90 Å². The van der Waals surface area contributed by atoms with Crippen molar-refractivity contribution in [1.29, 1.82) is 0 Å². The van der Waals surface area contributed by atoms with E-state index >= 15 is 0 Å². The Bertz CT molecular complexity index is 1020. The van der Waals surface area contributed by atoms with Gasteiger partial charge in [0.15, 0.2) is 0 Å². The van der Waals surface area contributed by atoms with Gasteiger partial charge in [0.2, 0.25) is 0 Å². The molecule has 1 heterocycles. The van der Waals surface area contributed by atoms with Gasteiger partial charge in [0, 0.05) is 35.6 Å². The molecule has 0 amide bonds. The van der Waals surface area contributed by atoms with Gasteiger partial charge in [-0.3, -0.25) is 9.62 Å². The smallest absolute Gasteiger partial charge is 0.297 e. The summed E-state index contributed by atoms with van der Waals surface area (Å²) in [5.41, 5.74) is 2.84. The quantitative estimate of drug-likeness (QED) is 0.401. The molecule has 0 spiro atoms. The van der Waals surface area contributed by atoms with E-state index in [9.17, 15) is 13.2 Å². The summed E-state index contributed by atoms with van der Waals surface area (Å²) in [5.74, 6) is 0. The van der Waals surface area contributed by atoms with Crippen molar-refractivity contribution in [2.75, 3.05) is 13.1 Å². The van der Waals surface area contributed by atoms with Crippen molar-refractivity contribution in [3.8, 4) is 11.1 Å². The number of alkyl halides is 3. The van der Waals surface area contributed by atoms with Crippen LogP contribution >= 0.6 is 23.5 Å². The topological polar surface area (TPSA) is 15.3 Å². The first-order valence-electron chi connectivity index (χ1n) is 10.0. The van der Waals surface area contributed by atoms with E-state index in [1.165, 1.54) is 29.6 Å². The SMILES string of the molecule is FC(F)(F)c1cccc(SNC2CCN(Cc3ccc(-c4cccc(Cl)c4)cc3)C2)c1. The second-order valence-electron chi connectivity index (χ2n) is 7.67. The van der Waals surface area contributed by atoms with E-state index in [1.54, 1.807) is 6.07 Å². The Labute approximate surface area is 189 Å². The minimum Gasteiger partial charge on any atom is -0.297 e. The number of likely N-dealkylation sites (tertiary alicyclic amines) is 1. The van der Waals surface area contributed by atoms with Crippen LogP contribution in [-0.4, -0.2) is 24.0 Å². The molecule has 4 rings (SSSR count). The van der Waals surface area contributed by atoms with Crippen molar-refractivity contribution >= 4 is 23.5 Å². The minimum atomic E-state index is -4.32. The predicted octanol–water partition coefficient (Wildman–Crippen LogP) is 6.90. The molecule has 2 nitrogen and oxygen atoms in total. The zero-order valence-electron chi connectivity index (χ0n) is 16.7. The van der Waals surface area contributed by atoms with Crippen LogP contribution in [0.3, 0.4) is 0 Å². The maximum atomic E-state index is 12.9.